The second-order valence-electron chi connectivity index (χ2n) is 12.5. The summed E-state index contributed by atoms with van der Waals surface area (Å²) in [5.74, 6) is 1.43. The van der Waals surface area contributed by atoms with Gasteiger partial charge in [-0.1, -0.05) is 121 Å². The van der Waals surface area contributed by atoms with Gasteiger partial charge >= 0.3 is 0 Å². The number of anilines is 3. The average molecular weight is 607 g/mol. The van der Waals surface area contributed by atoms with Crippen molar-refractivity contribution in [1.29, 1.82) is 0 Å². The maximum Gasteiger partial charge on any atom is 0.0461 e. The lowest BCUT2D eigenvalue weighted by molar-refractivity contribution is 0.950. The first-order valence-electron chi connectivity index (χ1n) is 16.7. The van der Waals surface area contributed by atoms with Gasteiger partial charge in [-0.05, 0) is 114 Å². The molecule has 0 spiro atoms. The Morgan fingerprint density at radius 3 is 1.74 bits per heavy atom. The van der Waals surface area contributed by atoms with Crippen molar-refractivity contribution < 1.29 is 0 Å². The summed E-state index contributed by atoms with van der Waals surface area (Å²) in [4.78, 5) is 4.72. The van der Waals surface area contributed by atoms with E-state index in [-0.39, 0.29) is 0 Å². The molecule has 2 heteroatoms. The Labute approximate surface area is 278 Å². The number of nitrogens with zero attached hydrogens (tertiary/aromatic N) is 2. The van der Waals surface area contributed by atoms with Crippen LogP contribution in [0.15, 0.2) is 199 Å². The molecule has 0 radical (unpaired) electrons. The SMILES string of the molecule is C1=CCC=CC(N(C2=CCC=CC=C2)c2ccc(-c3ccc(-c4ccc(N(C5=CC6CC6C=C5)c5ccccc5)cc4)cc3)cc2)=C1. The van der Waals surface area contributed by atoms with Crippen LogP contribution in [0.5, 0.6) is 0 Å². The molecule has 2 unspecified atom stereocenters. The Bertz CT molecular complexity index is 1980. The summed E-state index contributed by atoms with van der Waals surface area (Å²) < 4.78 is 0. The fraction of sp³-hybridized carbons (Fsp3) is 0.111. The molecule has 0 bridgehead atoms. The number of hydrogen-bond donors (Lipinski definition) is 0. The van der Waals surface area contributed by atoms with Gasteiger partial charge in [0.15, 0.2) is 0 Å². The smallest absolute Gasteiger partial charge is 0.0461 e. The second-order valence-corrected chi connectivity index (χ2v) is 12.5. The highest BCUT2D eigenvalue weighted by molar-refractivity contribution is 5.76. The lowest BCUT2D eigenvalue weighted by atomic mass is 9.99. The van der Waals surface area contributed by atoms with Gasteiger partial charge < -0.3 is 9.80 Å². The van der Waals surface area contributed by atoms with Crippen LogP contribution >= 0.6 is 0 Å². The molecular formula is C45H38N2. The van der Waals surface area contributed by atoms with Crippen molar-refractivity contribution in [3.63, 3.8) is 0 Å². The van der Waals surface area contributed by atoms with Crippen LogP contribution in [0.3, 0.4) is 0 Å². The minimum atomic E-state index is 0.691. The number of para-hydroxylation sites is 1. The van der Waals surface area contributed by atoms with Crippen LogP contribution in [0.2, 0.25) is 0 Å². The Morgan fingerprint density at radius 2 is 1.06 bits per heavy atom. The Hall–Kier alpha value is -5.60. The third-order valence-corrected chi connectivity index (χ3v) is 9.32. The molecular weight excluding hydrogens is 569 g/mol. The highest BCUT2D eigenvalue weighted by atomic mass is 15.2. The standard InChI is InChI=1S/C45H38N2/c1-2-7-13-40(12-6-1)46(41-14-8-3-4-9-15-41)43-27-22-36(23-28-43)34-18-20-35(21-19-34)37-24-29-44(30-25-37)47(42-16-10-5-11-17-42)45-31-26-38-32-39(38)33-45/h1-3,5-6,8-31,33,38-39H,4,7,32H2. The summed E-state index contributed by atoms with van der Waals surface area (Å²) in [6.07, 6.45) is 32.2. The van der Waals surface area contributed by atoms with E-state index in [9.17, 15) is 0 Å². The first-order chi connectivity index (χ1) is 23.3. The molecule has 47 heavy (non-hydrogen) atoms. The minimum Gasteiger partial charge on any atom is -0.311 e. The average Bonchev–Trinajstić information content (AvgIpc) is 3.97. The zero-order valence-electron chi connectivity index (χ0n) is 26.5. The van der Waals surface area contributed by atoms with Crippen LogP contribution in [0, 0.1) is 11.8 Å². The van der Waals surface area contributed by atoms with Gasteiger partial charge in [0.2, 0.25) is 0 Å². The van der Waals surface area contributed by atoms with Crippen molar-refractivity contribution in [2.75, 3.05) is 9.80 Å². The largest absolute Gasteiger partial charge is 0.311 e. The maximum absolute atomic E-state index is 2.44. The van der Waals surface area contributed by atoms with Gasteiger partial charge in [0.1, 0.15) is 0 Å². The molecule has 4 aromatic carbocycles. The Morgan fingerprint density at radius 1 is 0.447 bits per heavy atom. The van der Waals surface area contributed by atoms with Gasteiger partial charge in [0, 0.05) is 34.2 Å². The van der Waals surface area contributed by atoms with Crippen LogP contribution < -0.4 is 9.80 Å². The van der Waals surface area contributed by atoms with Gasteiger partial charge in [-0.2, -0.15) is 0 Å². The predicted molar refractivity (Wildman–Crippen MR) is 199 cm³/mol. The molecule has 228 valence electrons. The third kappa shape index (κ3) is 6.28. The van der Waals surface area contributed by atoms with Crippen molar-refractivity contribution >= 4 is 17.1 Å². The van der Waals surface area contributed by atoms with Crippen LogP contribution in [-0.2, 0) is 0 Å². The van der Waals surface area contributed by atoms with Gasteiger partial charge in [-0.15, -0.1) is 0 Å². The van der Waals surface area contributed by atoms with Crippen molar-refractivity contribution in [3.8, 4) is 22.3 Å². The number of rotatable bonds is 8. The van der Waals surface area contributed by atoms with E-state index < -0.39 is 0 Å². The summed E-state index contributed by atoms with van der Waals surface area (Å²) in [5.41, 5.74) is 12.0. The highest BCUT2D eigenvalue weighted by Crippen LogP contribution is 2.46. The molecule has 1 saturated carbocycles. The normalized spacial score (nSPS) is 19.2. The zero-order chi connectivity index (χ0) is 31.4. The first kappa shape index (κ1) is 28.8. The summed E-state index contributed by atoms with van der Waals surface area (Å²) in [6.45, 7) is 0. The van der Waals surface area contributed by atoms with Crippen LogP contribution in [0.4, 0.5) is 17.1 Å². The molecule has 4 aromatic rings. The van der Waals surface area contributed by atoms with E-state index in [1.54, 1.807) is 0 Å². The van der Waals surface area contributed by atoms with Crippen LogP contribution in [0.1, 0.15) is 19.3 Å². The van der Waals surface area contributed by atoms with Crippen LogP contribution in [-0.4, -0.2) is 0 Å². The van der Waals surface area contributed by atoms with Gasteiger partial charge in [0.05, 0.1) is 0 Å². The Balaban J connectivity index is 1.03. The topological polar surface area (TPSA) is 6.48 Å². The van der Waals surface area contributed by atoms with E-state index in [1.807, 2.05) is 0 Å². The fourth-order valence-corrected chi connectivity index (χ4v) is 6.68. The van der Waals surface area contributed by atoms with E-state index in [4.69, 9.17) is 0 Å². The molecule has 4 aliphatic carbocycles. The molecule has 8 rings (SSSR count). The summed E-state index contributed by atoms with van der Waals surface area (Å²) in [5, 5.41) is 0. The quantitative estimate of drug-likeness (QED) is 0.197. The van der Waals surface area contributed by atoms with Gasteiger partial charge in [0.25, 0.3) is 0 Å². The molecule has 0 saturated heterocycles. The number of hydrogen-bond acceptors (Lipinski definition) is 2. The molecule has 0 aromatic heterocycles. The number of allylic oxidation sites excluding steroid dienone is 13. The summed E-state index contributed by atoms with van der Waals surface area (Å²) >= 11 is 0. The highest BCUT2D eigenvalue weighted by Gasteiger charge is 2.36. The number of benzene rings is 4. The molecule has 0 N–H and O–H groups in total. The molecule has 1 fully saturated rings. The van der Waals surface area contributed by atoms with Crippen molar-refractivity contribution in [1.82, 2.24) is 0 Å². The molecule has 0 aliphatic heterocycles. The van der Waals surface area contributed by atoms with E-state index >= 15 is 0 Å². The zero-order valence-corrected chi connectivity index (χ0v) is 26.5. The lowest BCUT2D eigenvalue weighted by Gasteiger charge is -2.27. The van der Waals surface area contributed by atoms with Gasteiger partial charge in [-0.3, -0.25) is 0 Å². The molecule has 0 heterocycles. The predicted octanol–water partition coefficient (Wildman–Crippen LogP) is 11.9. The van der Waals surface area contributed by atoms with Crippen LogP contribution in [0.25, 0.3) is 22.3 Å². The molecule has 2 atom stereocenters. The molecule has 2 nitrogen and oxygen atoms in total. The van der Waals surface area contributed by atoms with E-state index in [2.05, 4.69) is 192 Å². The van der Waals surface area contributed by atoms with Gasteiger partial charge in [-0.25, -0.2) is 0 Å². The van der Waals surface area contributed by atoms with Crippen molar-refractivity contribution in [2.24, 2.45) is 11.8 Å². The minimum absolute atomic E-state index is 0.691. The van der Waals surface area contributed by atoms with Crippen molar-refractivity contribution in [3.05, 3.63) is 199 Å². The monoisotopic (exact) mass is 606 g/mol. The van der Waals surface area contributed by atoms with Crippen molar-refractivity contribution in [2.45, 2.75) is 19.3 Å². The Kier molecular flexibility index (Phi) is 7.99. The fourth-order valence-electron chi connectivity index (χ4n) is 6.68. The van der Waals surface area contributed by atoms with E-state index in [0.717, 1.165) is 30.1 Å². The molecule has 0 amide bonds. The summed E-state index contributed by atoms with van der Waals surface area (Å²) in [7, 11) is 0. The second kappa shape index (κ2) is 13.0. The first-order valence-corrected chi connectivity index (χ1v) is 16.7. The third-order valence-electron chi connectivity index (χ3n) is 9.32. The number of fused-ring (bicyclic) bond motifs is 1. The lowest BCUT2D eigenvalue weighted by Crippen LogP contribution is -2.19. The van der Waals surface area contributed by atoms with E-state index in [0.29, 0.717) is 5.92 Å². The maximum atomic E-state index is 2.44. The molecule has 4 aliphatic rings. The van der Waals surface area contributed by atoms with E-state index in [1.165, 1.54) is 51.4 Å². The summed E-state index contributed by atoms with van der Waals surface area (Å²) in [6, 6.07) is 37.6.